The fourth-order valence-corrected chi connectivity index (χ4v) is 1.26. The summed E-state index contributed by atoms with van der Waals surface area (Å²) in [7, 11) is 0. The Hall–Kier alpha value is -2.10. The van der Waals surface area contributed by atoms with Crippen LogP contribution in [0.5, 0.6) is 0 Å². The highest BCUT2D eigenvalue weighted by atomic mass is 16.2. The average Bonchev–Trinajstić information content (AvgIpc) is 2.27. The first-order valence-electron chi connectivity index (χ1n) is 5.41. The lowest BCUT2D eigenvalue weighted by molar-refractivity contribution is 0.253. The van der Waals surface area contributed by atoms with Gasteiger partial charge in [0.25, 0.3) is 0 Å². The van der Waals surface area contributed by atoms with Crippen molar-refractivity contribution >= 4 is 11.8 Å². The van der Waals surface area contributed by atoms with Crippen molar-refractivity contribution in [3.63, 3.8) is 0 Å². The minimum absolute atomic E-state index is 0.284. The molecule has 4 nitrogen and oxygen atoms in total. The van der Waals surface area contributed by atoms with Crippen molar-refractivity contribution in [1.82, 2.24) is 10.3 Å². The van der Waals surface area contributed by atoms with Gasteiger partial charge in [0.2, 0.25) is 0 Å². The number of hydrogen-bond donors (Lipinski definition) is 2. The lowest BCUT2D eigenvalue weighted by Gasteiger charge is -2.07. The number of pyridine rings is 1. The van der Waals surface area contributed by atoms with Crippen LogP contribution in [0.4, 0.5) is 10.6 Å². The highest BCUT2D eigenvalue weighted by Crippen LogP contribution is 2.03. The first kappa shape index (κ1) is 13.0. The van der Waals surface area contributed by atoms with Crippen LogP contribution in [0, 0.1) is 6.92 Å². The smallest absolute Gasteiger partial charge is 0.320 e. The predicted octanol–water partition coefficient (Wildman–Crippen LogP) is 2.64. The van der Waals surface area contributed by atoms with Crippen LogP contribution in [0.3, 0.4) is 0 Å². The maximum Gasteiger partial charge on any atom is 0.320 e. The molecule has 1 heterocycles. The molecule has 90 valence electrons. The van der Waals surface area contributed by atoms with Crippen LogP contribution in [-0.4, -0.2) is 17.6 Å². The summed E-state index contributed by atoms with van der Waals surface area (Å²) in [5.41, 5.74) is 1.71. The number of nitrogens with zero attached hydrogens (tertiary/aromatic N) is 1. The maximum absolute atomic E-state index is 11.5. The highest BCUT2D eigenvalue weighted by molar-refractivity contribution is 5.88. The summed E-state index contributed by atoms with van der Waals surface area (Å²) in [5.74, 6) is 0.541. The van der Waals surface area contributed by atoms with Gasteiger partial charge in [-0.15, -0.1) is 0 Å². The number of urea groups is 1. The molecule has 0 aliphatic heterocycles. The molecule has 0 saturated heterocycles. The number of rotatable bonds is 4. The van der Waals surface area contributed by atoms with Crippen LogP contribution in [0.1, 0.15) is 12.6 Å². The molecule has 0 atom stereocenters. The third kappa shape index (κ3) is 4.97. The molecular weight excluding hydrogens is 214 g/mol. The fourth-order valence-electron chi connectivity index (χ4n) is 1.26. The third-order valence-corrected chi connectivity index (χ3v) is 2.01. The molecule has 0 saturated carbocycles. The normalized spacial score (nSPS) is 10.2. The maximum atomic E-state index is 11.5. The summed E-state index contributed by atoms with van der Waals surface area (Å²) < 4.78 is 0. The summed E-state index contributed by atoms with van der Waals surface area (Å²) in [5, 5.41) is 5.35. The van der Waals surface area contributed by atoms with E-state index in [1.54, 1.807) is 6.07 Å². The summed E-state index contributed by atoms with van der Waals surface area (Å²) >= 11 is 0. The molecule has 0 aromatic carbocycles. The Labute approximate surface area is 101 Å². The van der Waals surface area contributed by atoms with Gasteiger partial charge in [-0.2, -0.15) is 0 Å². The Morgan fingerprint density at radius 3 is 2.94 bits per heavy atom. The van der Waals surface area contributed by atoms with Gasteiger partial charge in [-0.05, 0) is 31.6 Å². The molecule has 0 unspecified atom stereocenters. The van der Waals surface area contributed by atoms with E-state index in [4.69, 9.17) is 0 Å². The molecule has 0 aliphatic carbocycles. The highest BCUT2D eigenvalue weighted by Gasteiger charge is 2.01. The van der Waals surface area contributed by atoms with E-state index >= 15 is 0 Å². The zero-order valence-electron chi connectivity index (χ0n) is 10.2. The zero-order chi connectivity index (χ0) is 12.7. The SMILES string of the molecule is C=C(/C=C\C)CNC(=O)Nc1cccc(C)n1. The number of nitrogens with one attached hydrogen (secondary N) is 2. The summed E-state index contributed by atoms with van der Waals surface area (Å²) in [4.78, 5) is 15.7. The molecule has 0 fully saturated rings. The van der Waals surface area contributed by atoms with Gasteiger partial charge in [0, 0.05) is 12.2 Å². The predicted molar refractivity (Wildman–Crippen MR) is 69.9 cm³/mol. The summed E-state index contributed by atoms with van der Waals surface area (Å²) in [6.45, 7) is 7.99. The monoisotopic (exact) mass is 231 g/mol. The second kappa shape index (κ2) is 6.48. The third-order valence-electron chi connectivity index (χ3n) is 2.01. The molecule has 4 heteroatoms. The molecule has 0 radical (unpaired) electrons. The molecule has 17 heavy (non-hydrogen) atoms. The Bertz CT molecular complexity index is 438. The van der Waals surface area contributed by atoms with Crippen molar-refractivity contribution in [3.05, 3.63) is 48.2 Å². The number of aryl methyl sites for hydroxylation is 1. The van der Waals surface area contributed by atoms with Gasteiger partial charge in [0.15, 0.2) is 0 Å². The fraction of sp³-hybridized carbons (Fsp3) is 0.231. The van der Waals surface area contributed by atoms with E-state index in [9.17, 15) is 4.79 Å². The lowest BCUT2D eigenvalue weighted by Crippen LogP contribution is -2.30. The average molecular weight is 231 g/mol. The van der Waals surface area contributed by atoms with Crippen LogP contribution in [0.15, 0.2) is 42.5 Å². The van der Waals surface area contributed by atoms with Crippen LogP contribution in [-0.2, 0) is 0 Å². The van der Waals surface area contributed by atoms with Gasteiger partial charge in [0.05, 0.1) is 0 Å². The van der Waals surface area contributed by atoms with Crippen LogP contribution in [0.2, 0.25) is 0 Å². The molecular formula is C13H17N3O. The second-order valence-corrected chi connectivity index (χ2v) is 3.63. The Balaban J connectivity index is 2.42. The molecule has 2 N–H and O–H groups in total. The summed E-state index contributed by atoms with van der Waals surface area (Å²) in [6.07, 6.45) is 3.73. The largest absolute Gasteiger partial charge is 0.334 e. The van der Waals surface area contributed by atoms with Gasteiger partial charge >= 0.3 is 6.03 Å². The number of allylic oxidation sites excluding steroid dienone is 1. The number of carbonyl (C=O) groups excluding carboxylic acids is 1. The number of carbonyl (C=O) groups is 1. The standard InChI is InChI=1S/C13H17N3O/c1-4-6-10(2)9-14-13(17)16-12-8-5-7-11(3)15-12/h4-8H,2,9H2,1,3H3,(H2,14,15,16,17)/b6-4-. The number of aromatic nitrogens is 1. The second-order valence-electron chi connectivity index (χ2n) is 3.63. The molecule has 1 rings (SSSR count). The van der Waals surface area contributed by atoms with Gasteiger partial charge in [-0.1, -0.05) is 24.8 Å². The number of amides is 2. The molecule has 1 aromatic rings. The lowest BCUT2D eigenvalue weighted by atomic mass is 10.3. The van der Waals surface area contributed by atoms with Crippen molar-refractivity contribution in [2.75, 3.05) is 11.9 Å². The van der Waals surface area contributed by atoms with E-state index in [1.165, 1.54) is 0 Å². The van der Waals surface area contributed by atoms with E-state index in [1.807, 2.05) is 38.1 Å². The van der Waals surface area contributed by atoms with E-state index < -0.39 is 0 Å². The molecule has 1 aromatic heterocycles. The van der Waals surface area contributed by atoms with Crippen LogP contribution >= 0.6 is 0 Å². The van der Waals surface area contributed by atoms with Gasteiger partial charge < -0.3 is 5.32 Å². The van der Waals surface area contributed by atoms with Crippen molar-refractivity contribution in [2.24, 2.45) is 0 Å². The Morgan fingerprint density at radius 1 is 1.53 bits per heavy atom. The minimum Gasteiger partial charge on any atom is -0.334 e. The quantitative estimate of drug-likeness (QED) is 0.783. The van der Waals surface area contributed by atoms with Crippen LogP contribution < -0.4 is 10.6 Å². The van der Waals surface area contributed by atoms with Crippen molar-refractivity contribution < 1.29 is 4.79 Å². The summed E-state index contributed by atoms with van der Waals surface area (Å²) in [6, 6.07) is 5.18. The minimum atomic E-state index is -0.284. The van der Waals surface area contributed by atoms with Crippen molar-refractivity contribution in [3.8, 4) is 0 Å². The van der Waals surface area contributed by atoms with Gasteiger partial charge in [-0.25, -0.2) is 9.78 Å². The van der Waals surface area contributed by atoms with Crippen molar-refractivity contribution in [2.45, 2.75) is 13.8 Å². The zero-order valence-corrected chi connectivity index (χ0v) is 10.2. The van der Waals surface area contributed by atoms with Crippen molar-refractivity contribution in [1.29, 1.82) is 0 Å². The molecule has 2 amide bonds. The van der Waals surface area contributed by atoms with E-state index in [-0.39, 0.29) is 6.03 Å². The van der Waals surface area contributed by atoms with Crippen LogP contribution in [0.25, 0.3) is 0 Å². The Kier molecular flexibility index (Phi) is 4.94. The first-order chi connectivity index (χ1) is 8.11. The number of anilines is 1. The topological polar surface area (TPSA) is 54.0 Å². The first-order valence-corrected chi connectivity index (χ1v) is 5.41. The van der Waals surface area contributed by atoms with E-state index in [2.05, 4.69) is 22.2 Å². The molecule has 0 bridgehead atoms. The Morgan fingerprint density at radius 2 is 2.29 bits per heavy atom. The molecule has 0 spiro atoms. The van der Waals surface area contributed by atoms with Gasteiger partial charge in [-0.3, -0.25) is 5.32 Å². The van der Waals surface area contributed by atoms with E-state index in [0.717, 1.165) is 11.3 Å². The van der Waals surface area contributed by atoms with Gasteiger partial charge in [0.1, 0.15) is 5.82 Å². The van der Waals surface area contributed by atoms with E-state index in [0.29, 0.717) is 12.4 Å². The molecule has 0 aliphatic rings. The number of hydrogen-bond acceptors (Lipinski definition) is 2.